The summed E-state index contributed by atoms with van der Waals surface area (Å²) < 4.78 is 26.4. The Bertz CT molecular complexity index is 772. The standard InChI is InChI=1S/C14H16BrClN2O2S/c1-9(16)14-17-12-3-2-10(15)8-13(12)18(14)11-4-6-21(19,20)7-5-11/h2-3,8-9,11H,4-7H2,1H3. The lowest BCUT2D eigenvalue weighted by atomic mass is 10.1. The van der Waals surface area contributed by atoms with Crippen molar-refractivity contribution in [3.8, 4) is 0 Å². The van der Waals surface area contributed by atoms with Gasteiger partial charge in [0.25, 0.3) is 0 Å². The molecule has 21 heavy (non-hydrogen) atoms. The highest BCUT2D eigenvalue weighted by Crippen LogP contribution is 2.34. The van der Waals surface area contributed by atoms with Crippen LogP contribution < -0.4 is 0 Å². The largest absolute Gasteiger partial charge is 0.324 e. The third-order valence-electron chi connectivity index (χ3n) is 3.92. The fourth-order valence-corrected chi connectivity index (χ4v) is 4.85. The Morgan fingerprint density at radius 1 is 1.38 bits per heavy atom. The molecule has 0 aliphatic carbocycles. The normalized spacial score (nSPS) is 20.7. The Morgan fingerprint density at radius 2 is 2.05 bits per heavy atom. The Balaban J connectivity index is 2.11. The van der Waals surface area contributed by atoms with Crippen molar-refractivity contribution >= 4 is 48.4 Å². The first-order chi connectivity index (χ1) is 9.87. The van der Waals surface area contributed by atoms with Crippen molar-refractivity contribution in [3.05, 3.63) is 28.5 Å². The van der Waals surface area contributed by atoms with Crippen molar-refractivity contribution in [2.75, 3.05) is 11.5 Å². The number of nitrogens with zero attached hydrogens (tertiary/aromatic N) is 2. The number of benzene rings is 1. The molecule has 114 valence electrons. The van der Waals surface area contributed by atoms with E-state index in [0.717, 1.165) is 21.3 Å². The third kappa shape index (κ3) is 2.98. The van der Waals surface area contributed by atoms with Gasteiger partial charge in [0.1, 0.15) is 15.7 Å². The van der Waals surface area contributed by atoms with E-state index in [2.05, 4.69) is 25.5 Å². The van der Waals surface area contributed by atoms with Crippen LogP contribution in [0.15, 0.2) is 22.7 Å². The van der Waals surface area contributed by atoms with Crippen molar-refractivity contribution < 1.29 is 8.42 Å². The Kier molecular flexibility index (Phi) is 4.05. The molecule has 0 bridgehead atoms. The molecule has 1 aromatic heterocycles. The maximum Gasteiger partial charge on any atom is 0.150 e. The van der Waals surface area contributed by atoms with E-state index >= 15 is 0 Å². The van der Waals surface area contributed by atoms with E-state index in [4.69, 9.17) is 11.6 Å². The van der Waals surface area contributed by atoms with E-state index < -0.39 is 9.84 Å². The number of fused-ring (bicyclic) bond motifs is 1. The summed E-state index contributed by atoms with van der Waals surface area (Å²) in [7, 11) is -2.88. The fraction of sp³-hybridized carbons (Fsp3) is 0.500. The summed E-state index contributed by atoms with van der Waals surface area (Å²) in [6.45, 7) is 1.90. The highest BCUT2D eigenvalue weighted by atomic mass is 79.9. The smallest absolute Gasteiger partial charge is 0.150 e. The lowest BCUT2D eigenvalue weighted by Gasteiger charge is -2.26. The lowest BCUT2D eigenvalue weighted by Crippen LogP contribution is -2.26. The van der Waals surface area contributed by atoms with Gasteiger partial charge in [0.15, 0.2) is 0 Å². The number of hydrogen-bond donors (Lipinski definition) is 0. The van der Waals surface area contributed by atoms with Crippen LogP contribution in [-0.4, -0.2) is 29.5 Å². The molecule has 0 spiro atoms. The first-order valence-corrected chi connectivity index (χ1v) is 9.94. The van der Waals surface area contributed by atoms with Crippen LogP contribution in [0.1, 0.15) is 37.0 Å². The summed E-state index contributed by atoms with van der Waals surface area (Å²) in [5.41, 5.74) is 1.91. The second-order valence-corrected chi connectivity index (χ2v) is 9.35. The quantitative estimate of drug-likeness (QED) is 0.731. The van der Waals surface area contributed by atoms with E-state index in [1.54, 1.807) is 0 Å². The number of halogens is 2. The maximum atomic E-state index is 11.6. The van der Waals surface area contributed by atoms with Gasteiger partial charge in [-0.3, -0.25) is 0 Å². The first kappa shape index (κ1) is 15.3. The lowest BCUT2D eigenvalue weighted by molar-refractivity contribution is 0.446. The summed E-state index contributed by atoms with van der Waals surface area (Å²) >= 11 is 9.77. The van der Waals surface area contributed by atoms with E-state index in [1.165, 1.54) is 0 Å². The second-order valence-electron chi connectivity index (χ2n) is 5.47. The molecule has 1 unspecified atom stereocenters. The van der Waals surface area contributed by atoms with Crippen LogP contribution in [0.4, 0.5) is 0 Å². The molecule has 2 heterocycles. The van der Waals surface area contributed by atoms with Gasteiger partial charge in [0, 0.05) is 10.5 Å². The van der Waals surface area contributed by atoms with Gasteiger partial charge in [-0.15, -0.1) is 11.6 Å². The van der Waals surface area contributed by atoms with Gasteiger partial charge in [0.2, 0.25) is 0 Å². The van der Waals surface area contributed by atoms with Crippen LogP contribution in [0.3, 0.4) is 0 Å². The number of imidazole rings is 1. The van der Waals surface area contributed by atoms with Gasteiger partial charge < -0.3 is 4.57 Å². The zero-order valence-corrected chi connectivity index (χ0v) is 14.7. The maximum absolute atomic E-state index is 11.6. The fourth-order valence-electron chi connectivity index (χ4n) is 2.88. The molecule has 7 heteroatoms. The monoisotopic (exact) mass is 390 g/mol. The third-order valence-corrected chi connectivity index (χ3v) is 6.33. The minimum absolute atomic E-state index is 0.143. The molecule has 1 aromatic carbocycles. The van der Waals surface area contributed by atoms with Gasteiger partial charge in [-0.1, -0.05) is 15.9 Å². The average molecular weight is 392 g/mol. The van der Waals surface area contributed by atoms with Crippen molar-refractivity contribution in [3.63, 3.8) is 0 Å². The average Bonchev–Trinajstić information content (AvgIpc) is 2.78. The minimum atomic E-state index is -2.88. The minimum Gasteiger partial charge on any atom is -0.324 e. The van der Waals surface area contributed by atoms with Crippen LogP contribution >= 0.6 is 27.5 Å². The van der Waals surface area contributed by atoms with E-state index in [0.29, 0.717) is 12.8 Å². The Hall–Kier alpha value is -0.590. The molecule has 1 atom stereocenters. The van der Waals surface area contributed by atoms with Gasteiger partial charge in [-0.05, 0) is 38.0 Å². The zero-order valence-electron chi connectivity index (χ0n) is 11.6. The molecule has 0 amide bonds. The summed E-state index contributed by atoms with van der Waals surface area (Å²) in [5, 5.41) is -0.213. The van der Waals surface area contributed by atoms with Crippen molar-refractivity contribution in [2.45, 2.75) is 31.2 Å². The number of aromatic nitrogens is 2. The molecule has 1 saturated heterocycles. The molecular weight excluding hydrogens is 376 g/mol. The molecule has 0 saturated carbocycles. The second kappa shape index (κ2) is 5.56. The van der Waals surface area contributed by atoms with E-state index in [1.807, 2.05) is 25.1 Å². The predicted octanol–water partition coefficient (Wildman–Crippen LogP) is 3.85. The molecule has 4 nitrogen and oxygen atoms in total. The first-order valence-electron chi connectivity index (χ1n) is 6.89. The number of sulfone groups is 1. The van der Waals surface area contributed by atoms with Crippen molar-refractivity contribution in [1.82, 2.24) is 9.55 Å². The van der Waals surface area contributed by atoms with Crippen LogP contribution in [0.2, 0.25) is 0 Å². The molecule has 2 aromatic rings. The molecule has 1 aliphatic heterocycles. The molecule has 3 rings (SSSR count). The van der Waals surface area contributed by atoms with Crippen LogP contribution in [0.25, 0.3) is 11.0 Å². The Morgan fingerprint density at radius 3 is 2.67 bits per heavy atom. The van der Waals surface area contributed by atoms with Crippen molar-refractivity contribution in [2.24, 2.45) is 0 Å². The summed E-state index contributed by atoms with van der Waals surface area (Å²) in [6, 6.07) is 6.07. The molecule has 0 N–H and O–H groups in total. The number of hydrogen-bond acceptors (Lipinski definition) is 3. The van der Waals surface area contributed by atoms with Gasteiger partial charge in [0.05, 0.1) is 27.9 Å². The van der Waals surface area contributed by atoms with Gasteiger partial charge in [-0.25, -0.2) is 13.4 Å². The predicted molar refractivity (Wildman–Crippen MR) is 88.6 cm³/mol. The van der Waals surface area contributed by atoms with Crippen molar-refractivity contribution in [1.29, 1.82) is 0 Å². The van der Waals surface area contributed by atoms with Crippen LogP contribution in [-0.2, 0) is 9.84 Å². The molecule has 0 radical (unpaired) electrons. The summed E-state index contributed by atoms with van der Waals surface area (Å²) in [4.78, 5) is 4.63. The molecular formula is C14H16BrClN2O2S. The van der Waals surface area contributed by atoms with Crippen LogP contribution in [0.5, 0.6) is 0 Å². The van der Waals surface area contributed by atoms with Gasteiger partial charge >= 0.3 is 0 Å². The number of rotatable bonds is 2. The Labute approximate surface area is 137 Å². The topological polar surface area (TPSA) is 52.0 Å². The highest BCUT2D eigenvalue weighted by Gasteiger charge is 2.28. The summed E-state index contributed by atoms with van der Waals surface area (Å²) in [6.07, 6.45) is 1.24. The molecule has 1 aliphatic rings. The highest BCUT2D eigenvalue weighted by molar-refractivity contribution is 9.10. The summed E-state index contributed by atoms with van der Waals surface area (Å²) in [5.74, 6) is 1.29. The van der Waals surface area contributed by atoms with Gasteiger partial charge in [-0.2, -0.15) is 0 Å². The number of alkyl halides is 1. The van der Waals surface area contributed by atoms with E-state index in [9.17, 15) is 8.42 Å². The van der Waals surface area contributed by atoms with Crippen LogP contribution in [0, 0.1) is 0 Å². The SMILES string of the molecule is CC(Cl)c1nc2ccc(Br)cc2n1C1CCS(=O)(=O)CC1. The zero-order chi connectivity index (χ0) is 15.2. The van der Waals surface area contributed by atoms with E-state index in [-0.39, 0.29) is 22.9 Å². The molecule has 1 fully saturated rings.